The smallest absolute Gasteiger partial charge is 0.282 e. The summed E-state index contributed by atoms with van der Waals surface area (Å²) in [4.78, 5) is 0.0526. The van der Waals surface area contributed by atoms with Crippen LogP contribution in [0.15, 0.2) is 29.2 Å². The molecule has 0 aromatic heterocycles. The SMILES string of the molecule is CC(C)c1cc(S(=O)(=O)O)c(C(C)C)c2c(C(C)C)cccc12. The second-order valence-electron chi connectivity index (χ2n) is 7.09. The normalized spacial score (nSPS) is 12.8. The zero-order valence-electron chi connectivity index (χ0n) is 14.7. The molecule has 0 saturated carbocycles. The fourth-order valence-electron chi connectivity index (χ4n) is 3.28. The van der Waals surface area contributed by atoms with Gasteiger partial charge in [-0.1, -0.05) is 59.7 Å². The van der Waals surface area contributed by atoms with Crippen molar-refractivity contribution in [3.63, 3.8) is 0 Å². The molecule has 4 heteroatoms. The van der Waals surface area contributed by atoms with E-state index in [2.05, 4.69) is 26.0 Å². The highest BCUT2D eigenvalue weighted by Crippen LogP contribution is 2.40. The summed E-state index contributed by atoms with van der Waals surface area (Å²) < 4.78 is 33.8. The lowest BCUT2D eigenvalue weighted by Gasteiger charge is -2.22. The first-order chi connectivity index (χ1) is 10.6. The predicted octanol–water partition coefficient (Wildman–Crippen LogP) is 5.46. The van der Waals surface area contributed by atoms with Gasteiger partial charge in [-0.05, 0) is 51.3 Å². The molecule has 2 aromatic carbocycles. The van der Waals surface area contributed by atoms with Gasteiger partial charge in [-0.3, -0.25) is 4.55 Å². The first-order valence-corrected chi connectivity index (χ1v) is 9.56. The van der Waals surface area contributed by atoms with Crippen LogP contribution in [-0.4, -0.2) is 13.0 Å². The lowest BCUT2D eigenvalue weighted by Crippen LogP contribution is -2.09. The van der Waals surface area contributed by atoms with Gasteiger partial charge in [0.15, 0.2) is 0 Å². The molecule has 23 heavy (non-hydrogen) atoms. The second-order valence-corrected chi connectivity index (χ2v) is 8.48. The van der Waals surface area contributed by atoms with Crippen LogP contribution in [0.3, 0.4) is 0 Å². The van der Waals surface area contributed by atoms with E-state index in [1.54, 1.807) is 6.07 Å². The molecule has 0 fully saturated rings. The third-order valence-corrected chi connectivity index (χ3v) is 5.22. The molecular weight excluding hydrogens is 308 g/mol. The van der Waals surface area contributed by atoms with E-state index < -0.39 is 10.1 Å². The zero-order chi connectivity index (χ0) is 17.5. The standard InChI is InChI=1S/C19H26O3S/c1-11(2)14-8-7-9-15-16(12(3)4)10-17(23(20,21)22)18(13(5)6)19(14)15/h7-13H,1-6H3,(H,20,21,22). The fraction of sp³-hybridized carbons (Fsp3) is 0.474. The average molecular weight is 334 g/mol. The van der Waals surface area contributed by atoms with Crippen molar-refractivity contribution in [1.29, 1.82) is 0 Å². The van der Waals surface area contributed by atoms with Crippen molar-refractivity contribution < 1.29 is 13.0 Å². The Morgan fingerprint density at radius 2 is 1.43 bits per heavy atom. The molecule has 0 aliphatic heterocycles. The molecule has 2 rings (SSSR count). The van der Waals surface area contributed by atoms with Gasteiger partial charge in [0.25, 0.3) is 10.1 Å². The third kappa shape index (κ3) is 3.29. The Labute approximate surface area is 139 Å². The number of benzene rings is 2. The van der Waals surface area contributed by atoms with E-state index in [-0.39, 0.29) is 22.6 Å². The maximum absolute atomic E-state index is 12.0. The highest BCUT2D eigenvalue weighted by atomic mass is 32.2. The molecule has 1 N–H and O–H groups in total. The average Bonchev–Trinajstić information content (AvgIpc) is 2.42. The first-order valence-electron chi connectivity index (χ1n) is 8.12. The molecule has 0 radical (unpaired) electrons. The fourth-order valence-corrected chi connectivity index (χ4v) is 4.17. The van der Waals surface area contributed by atoms with Crippen LogP contribution in [0.2, 0.25) is 0 Å². The molecule has 0 bridgehead atoms. The van der Waals surface area contributed by atoms with Crippen LogP contribution in [0.25, 0.3) is 10.8 Å². The molecule has 126 valence electrons. The number of rotatable bonds is 4. The summed E-state index contributed by atoms with van der Waals surface area (Å²) >= 11 is 0. The van der Waals surface area contributed by atoms with E-state index in [9.17, 15) is 13.0 Å². The Hall–Kier alpha value is -1.39. The topological polar surface area (TPSA) is 54.4 Å². The van der Waals surface area contributed by atoms with Gasteiger partial charge in [-0.25, -0.2) is 0 Å². The van der Waals surface area contributed by atoms with E-state index in [4.69, 9.17) is 0 Å². The van der Waals surface area contributed by atoms with Gasteiger partial charge in [0, 0.05) is 0 Å². The van der Waals surface area contributed by atoms with Gasteiger partial charge in [0.1, 0.15) is 0 Å². The Morgan fingerprint density at radius 3 is 1.87 bits per heavy atom. The molecule has 0 unspecified atom stereocenters. The molecule has 0 spiro atoms. The monoisotopic (exact) mass is 334 g/mol. The molecule has 3 nitrogen and oxygen atoms in total. The van der Waals surface area contributed by atoms with Gasteiger partial charge in [-0.2, -0.15) is 8.42 Å². The second kappa shape index (κ2) is 6.25. The van der Waals surface area contributed by atoms with Crippen LogP contribution in [0.4, 0.5) is 0 Å². The van der Waals surface area contributed by atoms with Crippen LogP contribution < -0.4 is 0 Å². The largest absolute Gasteiger partial charge is 0.294 e. The van der Waals surface area contributed by atoms with Crippen molar-refractivity contribution in [2.75, 3.05) is 0 Å². The van der Waals surface area contributed by atoms with E-state index in [0.717, 1.165) is 27.5 Å². The number of hydrogen-bond donors (Lipinski definition) is 1. The van der Waals surface area contributed by atoms with E-state index in [1.807, 2.05) is 33.8 Å². The van der Waals surface area contributed by atoms with Gasteiger partial charge in [0.05, 0.1) is 4.90 Å². The molecule has 0 aliphatic rings. The zero-order valence-corrected chi connectivity index (χ0v) is 15.5. The highest BCUT2D eigenvalue weighted by molar-refractivity contribution is 7.85. The number of fused-ring (bicyclic) bond motifs is 1. The van der Waals surface area contributed by atoms with E-state index in [1.165, 1.54) is 0 Å². The minimum Gasteiger partial charge on any atom is -0.282 e. The van der Waals surface area contributed by atoms with Gasteiger partial charge in [-0.15, -0.1) is 0 Å². The molecule has 0 saturated heterocycles. The quantitative estimate of drug-likeness (QED) is 0.756. The lowest BCUT2D eigenvalue weighted by molar-refractivity contribution is 0.481. The molecular formula is C19H26O3S. The summed E-state index contributed by atoms with van der Waals surface area (Å²) in [6.45, 7) is 12.2. The third-order valence-electron chi connectivity index (χ3n) is 4.33. The van der Waals surface area contributed by atoms with Crippen molar-refractivity contribution in [2.45, 2.75) is 64.2 Å². The van der Waals surface area contributed by atoms with Crippen molar-refractivity contribution in [1.82, 2.24) is 0 Å². The maximum atomic E-state index is 12.0. The summed E-state index contributed by atoms with van der Waals surface area (Å²) in [5.74, 6) is 0.435. The van der Waals surface area contributed by atoms with Crippen molar-refractivity contribution in [2.24, 2.45) is 0 Å². The van der Waals surface area contributed by atoms with Gasteiger partial charge >= 0.3 is 0 Å². The summed E-state index contributed by atoms with van der Waals surface area (Å²) in [5, 5.41) is 2.07. The Bertz CT molecular complexity index is 831. The first kappa shape index (κ1) is 18.0. The van der Waals surface area contributed by atoms with E-state index in [0.29, 0.717) is 0 Å². The maximum Gasteiger partial charge on any atom is 0.294 e. The highest BCUT2D eigenvalue weighted by Gasteiger charge is 2.25. The van der Waals surface area contributed by atoms with Crippen molar-refractivity contribution in [3.05, 3.63) is 41.0 Å². The number of hydrogen-bond acceptors (Lipinski definition) is 2. The summed E-state index contributed by atoms with van der Waals surface area (Å²) in [7, 11) is -4.27. The van der Waals surface area contributed by atoms with Crippen molar-refractivity contribution >= 4 is 20.9 Å². The Kier molecular flexibility index (Phi) is 4.88. The lowest BCUT2D eigenvalue weighted by atomic mass is 9.84. The van der Waals surface area contributed by atoms with E-state index >= 15 is 0 Å². The minimum atomic E-state index is -4.27. The minimum absolute atomic E-state index is 0.00413. The molecule has 0 atom stereocenters. The van der Waals surface area contributed by atoms with Gasteiger partial charge in [0.2, 0.25) is 0 Å². The molecule has 2 aromatic rings. The van der Waals surface area contributed by atoms with Crippen LogP contribution in [0.1, 0.15) is 76.0 Å². The molecule has 0 amide bonds. The summed E-state index contributed by atoms with van der Waals surface area (Å²) in [6, 6.07) is 7.79. The Morgan fingerprint density at radius 1 is 0.870 bits per heavy atom. The summed E-state index contributed by atoms with van der Waals surface area (Å²) in [6.07, 6.45) is 0. The van der Waals surface area contributed by atoms with Crippen LogP contribution in [0, 0.1) is 0 Å². The van der Waals surface area contributed by atoms with Crippen LogP contribution >= 0.6 is 0 Å². The Balaban J connectivity index is 3.15. The van der Waals surface area contributed by atoms with Crippen LogP contribution in [-0.2, 0) is 10.1 Å². The molecule has 0 heterocycles. The van der Waals surface area contributed by atoms with Crippen molar-refractivity contribution in [3.8, 4) is 0 Å². The molecule has 0 aliphatic carbocycles. The predicted molar refractivity (Wildman–Crippen MR) is 96.0 cm³/mol. The van der Waals surface area contributed by atoms with Gasteiger partial charge < -0.3 is 0 Å². The summed E-state index contributed by atoms with van der Waals surface area (Å²) in [5.41, 5.74) is 2.80. The van der Waals surface area contributed by atoms with Crippen LogP contribution in [0.5, 0.6) is 0 Å².